The van der Waals surface area contributed by atoms with Crippen LogP contribution >= 0.6 is 0 Å². The van der Waals surface area contributed by atoms with Crippen molar-refractivity contribution in [3.8, 4) is 56.4 Å². The van der Waals surface area contributed by atoms with Gasteiger partial charge in [0.1, 0.15) is 0 Å². The van der Waals surface area contributed by atoms with Crippen LogP contribution in [0, 0.1) is 10.8 Å². The lowest BCUT2D eigenvalue weighted by Gasteiger charge is -2.30. The fourth-order valence-corrected chi connectivity index (χ4v) is 8.88. The highest BCUT2D eigenvalue weighted by Crippen LogP contribution is 2.63. The van der Waals surface area contributed by atoms with Gasteiger partial charge >= 0.3 is 0 Å². The van der Waals surface area contributed by atoms with Gasteiger partial charge in [0, 0.05) is 22.3 Å². The smallest absolute Gasteiger partial charge is 0.164 e. The van der Waals surface area contributed by atoms with Gasteiger partial charge in [0.15, 0.2) is 17.5 Å². The summed E-state index contributed by atoms with van der Waals surface area (Å²) in [5, 5.41) is 18.8. The molecule has 5 nitrogen and oxygen atoms in total. The zero-order chi connectivity index (χ0) is 35.3. The van der Waals surface area contributed by atoms with Crippen molar-refractivity contribution in [3.05, 3.63) is 191 Å². The average molecular weight is 676 g/mol. The Kier molecular flexibility index (Phi) is 6.11. The quantitative estimate of drug-likeness (QED) is 0.195. The molecule has 2 N–H and O–H groups in total. The first kappa shape index (κ1) is 29.6. The van der Waals surface area contributed by atoms with E-state index >= 15 is 0 Å². The van der Waals surface area contributed by atoms with Crippen LogP contribution in [0.1, 0.15) is 33.4 Å². The third-order valence-corrected chi connectivity index (χ3v) is 11.2. The van der Waals surface area contributed by atoms with Crippen LogP contribution in [0.5, 0.6) is 0 Å². The van der Waals surface area contributed by atoms with Crippen molar-refractivity contribution in [1.82, 2.24) is 15.0 Å². The van der Waals surface area contributed by atoms with Gasteiger partial charge in [-0.2, -0.15) is 0 Å². The largest absolute Gasteiger partial charge is 0.299 e. The summed E-state index contributed by atoms with van der Waals surface area (Å²) in [5.74, 6) is 1.78. The van der Waals surface area contributed by atoms with E-state index in [4.69, 9.17) is 25.8 Å². The minimum atomic E-state index is -0.468. The van der Waals surface area contributed by atoms with Crippen LogP contribution in [0.4, 0.5) is 0 Å². The molecule has 53 heavy (non-hydrogen) atoms. The van der Waals surface area contributed by atoms with Crippen molar-refractivity contribution in [3.63, 3.8) is 0 Å². The molecular weight excluding hydrogens is 647 g/mol. The first-order chi connectivity index (χ1) is 26.1. The number of nitrogens with zero attached hydrogens (tertiary/aromatic N) is 3. The second-order valence-corrected chi connectivity index (χ2v) is 13.9. The fraction of sp³-hybridized carbons (Fsp3) is 0.0208. The lowest BCUT2D eigenvalue weighted by Crippen LogP contribution is -2.25. The Morgan fingerprint density at radius 1 is 0.415 bits per heavy atom. The highest BCUT2D eigenvalue weighted by Gasteiger charge is 2.51. The van der Waals surface area contributed by atoms with Gasteiger partial charge in [0.05, 0.1) is 16.8 Å². The Labute approximate surface area is 306 Å². The average Bonchev–Trinajstić information content (AvgIpc) is 3.69. The van der Waals surface area contributed by atoms with E-state index in [-0.39, 0.29) is 11.4 Å². The molecule has 7 aromatic carbocycles. The van der Waals surface area contributed by atoms with E-state index in [0.717, 1.165) is 38.6 Å². The number of fused-ring (bicyclic) bond motifs is 13. The zero-order valence-corrected chi connectivity index (χ0v) is 28.4. The van der Waals surface area contributed by atoms with E-state index in [0.29, 0.717) is 17.5 Å². The van der Waals surface area contributed by atoms with Crippen molar-refractivity contribution < 1.29 is 0 Å². The molecule has 5 heteroatoms. The van der Waals surface area contributed by atoms with Crippen molar-refractivity contribution in [2.75, 3.05) is 0 Å². The summed E-state index contributed by atoms with van der Waals surface area (Å²) >= 11 is 0. The molecule has 8 aromatic rings. The highest BCUT2D eigenvalue weighted by atomic mass is 15.0. The number of benzene rings is 7. The SMILES string of the molecule is N=C1C=Cc2ccc3cc(-c4nc(-c5ccccc5)nc(-c5ccc6c(c5)C5(c7ccccc7-c7ccccc75)c5ccccc5-6)n4)ccc3c2C1=N. The summed E-state index contributed by atoms with van der Waals surface area (Å²) in [4.78, 5) is 15.4. The Bertz CT molecular complexity index is 2880. The molecule has 1 heterocycles. The summed E-state index contributed by atoms with van der Waals surface area (Å²) in [5.41, 5.74) is 14.5. The normalized spacial score (nSPS) is 14.2. The lowest BCUT2D eigenvalue weighted by atomic mass is 9.70. The standard InChI is InChI=1S/C48H29N5/c49-42-25-22-28-18-19-30-26-31(20-23-33(30)43(28)44(42)50)46-51-45(29-10-2-1-3-11-29)52-47(53-46)32-21-24-37-36-14-6-9-17-40(36)48(41(37)27-32)38-15-7-4-12-34(38)35-13-5-8-16-39(35)48/h1-27,49-50H. The molecule has 0 amide bonds. The molecule has 0 bridgehead atoms. The molecule has 1 aromatic heterocycles. The van der Waals surface area contributed by atoms with Crippen molar-refractivity contribution >= 4 is 28.3 Å². The van der Waals surface area contributed by atoms with Crippen LogP contribution in [-0.4, -0.2) is 26.4 Å². The Morgan fingerprint density at radius 3 is 1.58 bits per heavy atom. The molecule has 11 rings (SSSR count). The maximum absolute atomic E-state index is 8.65. The third kappa shape index (κ3) is 4.10. The van der Waals surface area contributed by atoms with E-state index in [1.807, 2.05) is 54.6 Å². The zero-order valence-electron chi connectivity index (χ0n) is 28.4. The first-order valence-electron chi connectivity index (χ1n) is 17.8. The number of hydrogen-bond acceptors (Lipinski definition) is 5. The predicted octanol–water partition coefficient (Wildman–Crippen LogP) is 10.8. The van der Waals surface area contributed by atoms with Gasteiger partial charge in [-0.25, -0.2) is 15.0 Å². The summed E-state index contributed by atoms with van der Waals surface area (Å²) in [7, 11) is 0. The molecule has 0 saturated carbocycles. The maximum atomic E-state index is 8.65. The molecule has 0 fully saturated rings. The second kappa shape index (κ2) is 10.9. The number of hydrogen-bond donors (Lipinski definition) is 2. The molecule has 0 saturated heterocycles. The summed E-state index contributed by atoms with van der Waals surface area (Å²) in [6.07, 6.45) is 3.60. The van der Waals surface area contributed by atoms with Crippen LogP contribution in [0.2, 0.25) is 0 Å². The number of allylic oxidation sites excluding steroid dienone is 1. The Balaban J connectivity index is 1.13. The molecule has 246 valence electrons. The van der Waals surface area contributed by atoms with Crippen molar-refractivity contribution in [1.29, 1.82) is 10.8 Å². The van der Waals surface area contributed by atoms with Crippen molar-refractivity contribution in [2.45, 2.75) is 5.41 Å². The molecule has 0 radical (unpaired) electrons. The van der Waals surface area contributed by atoms with Crippen LogP contribution in [0.25, 0.3) is 73.3 Å². The fourth-order valence-electron chi connectivity index (χ4n) is 8.88. The van der Waals surface area contributed by atoms with Gasteiger partial charge in [-0.05, 0) is 79.1 Å². The Morgan fingerprint density at radius 2 is 0.943 bits per heavy atom. The van der Waals surface area contributed by atoms with Gasteiger partial charge in [-0.15, -0.1) is 0 Å². The second-order valence-electron chi connectivity index (χ2n) is 13.9. The molecule has 3 aliphatic rings. The van der Waals surface area contributed by atoms with Crippen molar-refractivity contribution in [2.24, 2.45) is 0 Å². The third-order valence-electron chi connectivity index (χ3n) is 11.2. The molecule has 3 aliphatic carbocycles. The molecule has 0 unspecified atom stereocenters. The Hall–Kier alpha value is -7.11. The van der Waals surface area contributed by atoms with Crippen LogP contribution in [0.3, 0.4) is 0 Å². The van der Waals surface area contributed by atoms with Gasteiger partial charge in [0.2, 0.25) is 0 Å². The van der Waals surface area contributed by atoms with E-state index in [2.05, 4.69) is 103 Å². The van der Waals surface area contributed by atoms with Gasteiger partial charge in [-0.3, -0.25) is 10.8 Å². The van der Waals surface area contributed by atoms with E-state index < -0.39 is 5.41 Å². The minimum absolute atomic E-state index is 0.215. The topological polar surface area (TPSA) is 86.4 Å². The van der Waals surface area contributed by atoms with Gasteiger partial charge < -0.3 is 0 Å². The highest BCUT2D eigenvalue weighted by molar-refractivity contribution is 6.53. The number of rotatable bonds is 3. The maximum Gasteiger partial charge on any atom is 0.164 e. The van der Waals surface area contributed by atoms with Crippen LogP contribution < -0.4 is 0 Å². The van der Waals surface area contributed by atoms with Gasteiger partial charge in [0.25, 0.3) is 0 Å². The molecule has 0 aliphatic heterocycles. The van der Waals surface area contributed by atoms with Gasteiger partial charge in [-0.1, -0.05) is 146 Å². The van der Waals surface area contributed by atoms with E-state index in [1.165, 1.54) is 44.5 Å². The summed E-state index contributed by atoms with van der Waals surface area (Å²) in [6, 6.07) is 53.5. The molecular formula is C48H29N5. The predicted molar refractivity (Wildman–Crippen MR) is 214 cm³/mol. The molecule has 1 spiro atoms. The summed E-state index contributed by atoms with van der Waals surface area (Å²) in [6.45, 7) is 0. The number of aromatic nitrogens is 3. The number of nitrogens with one attached hydrogen (secondary N) is 2. The monoisotopic (exact) mass is 675 g/mol. The van der Waals surface area contributed by atoms with E-state index in [9.17, 15) is 0 Å². The first-order valence-corrected chi connectivity index (χ1v) is 17.8. The van der Waals surface area contributed by atoms with E-state index in [1.54, 1.807) is 6.08 Å². The lowest BCUT2D eigenvalue weighted by molar-refractivity contribution is 0.794. The summed E-state index contributed by atoms with van der Waals surface area (Å²) < 4.78 is 0. The van der Waals surface area contributed by atoms with Crippen LogP contribution in [-0.2, 0) is 5.41 Å². The van der Waals surface area contributed by atoms with Crippen LogP contribution in [0.15, 0.2) is 158 Å². The molecule has 0 atom stereocenters. The minimum Gasteiger partial charge on any atom is -0.299 e.